The van der Waals surface area contributed by atoms with E-state index < -0.39 is 0 Å². The van der Waals surface area contributed by atoms with Gasteiger partial charge >= 0.3 is 0 Å². The first-order valence-corrected chi connectivity index (χ1v) is 12.7. The van der Waals surface area contributed by atoms with Crippen LogP contribution < -0.4 is 5.32 Å². The Morgan fingerprint density at radius 3 is 2.06 bits per heavy atom. The summed E-state index contributed by atoms with van der Waals surface area (Å²) in [6.45, 7) is 3.12. The van der Waals surface area contributed by atoms with E-state index in [1.165, 1.54) is 38.2 Å². The van der Waals surface area contributed by atoms with Crippen LogP contribution in [-0.2, 0) is 6.54 Å². The summed E-state index contributed by atoms with van der Waals surface area (Å²) in [5, 5.41) is 9.67. The van der Waals surface area contributed by atoms with Crippen LogP contribution in [0.25, 0.3) is 27.6 Å². The van der Waals surface area contributed by atoms with Gasteiger partial charge in [0.2, 0.25) is 0 Å². The first-order valence-electron chi connectivity index (χ1n) is 12.3. The Hall–Kier alpha value is -3.39. The maximum Gasteiger partial charge on any atom is 0.0406 e. The number of hydrogen-bond acceptors (Lipinski definition) is 1. The van der Waals surface area contributed by atoms with Crippen molar-refractivity contribution in [3.05, 3.63) is 137 Å². The summed E-state index contributed by atoms with van der Waals surface area (Å²) in [7, 11) is 0. The lowest BCUT2D eigenvalue weighted by Crippen LogP contribution is -2.31. The summed E-state index contributed by atoms with van der Waals surface area (Å²) in [5.74, 6) is 0.337. The highest BCUT2D eigenvalue weighted by Crippen LogP contribution is 2.27. The third-order valence-corrected chi connectivity index (χ3v) is 7.07. The minimum absolute atomic E-state index is 0.295. The molecule has 0 amide bonds. The maximum absolute atomic E-state index is 6.19. The number of nitrogens with one attached hydrogen (secondary N) is 1. The lowest BCUT2D eigenvalue weighted by molar-refractivity contribution is 0.460. The van der Waals surface area contributed by atoms with Crippen LogP contribution in [0.1, 0.15) is 36.0 Å². The molecular formula is C33H30ClN. The zero-order valence-corrected chi connectivity index (χ0v) is 20.7. The number of allylic oxidation sites excluding steroid dienone is 1. The van der Waals surface area contributed by atoms with Crippen molar-refractivity contribution in [3.8, 4) is 0 Å². The molecule has 2 unspecified atom stereocenters. The van der Waals surface area contributed by atoms with Crippen molar-refractivity contribution in [1.82, 2.24) is 5.32 Å². The number of fused-ring (bicyclic) bond motifs is 2. The van der Waals surface area contributed by atoms with Crippen LogP contribution in [0.15, 0.2) is 115 Å². The van der Waals surface area contributed by atoms with E-state index >= 15 is 0 Å². The molecule has 2 atom stereocenters. The van der Waals surface area contributed by atoms with E-state index in [0.717, 1.165) is 18.0 Å². The molecule has 5 aromatic carbocycles. The van der Waals surface area contributed by atoms with E-state index in [9.17, 15) is 0 Å². The predicted octanol–water partition coefficient (Wildman–Crippen LogP) is 9.01. The second-order valence-electron chi connectivity index (χ2n) is 9.25. The first kappa shape index (κ1) is 23.4. The summed E-state index contributed by atoms with van der Waals surface area (Å²) in [4.78, 5) is 0. The van der Waals surface area contributed by atoms with Crippen molar-refractivity contribution >= 4 is 39.2 Å². The molecule has 0 aliphatic rings. The first-order chi connectivity index (χ1) is 17.2. The quantitative estimate of drug-likeness (QED) is 0.236. The number of rotatable bonds is 8. The van der Waals surface area contributed by atoms with Gasteiger partial charge in [-0.2, -0.15) is 0 Å². The molecule has 0 heterocycles. The smallest absolute Gasteiger partial charge is 0.0406 e. The van der Waals surface area contributed by atoms with Crippen molar-refractivity contribution in [2.24, 2.45) is 0 Å². The summed E-state index contributed by atoms with van der Waals surface area (Å²) in [6.07, 6.45) is 5.49. The average molecular weight is 476 g/mol. The third kappa shape index (κ3) is 5.82. The minimum Gasteiger partial charge on any atom is -0.310 e. The molecule has 35 heavy (non-hydrogen) atoms. The van der Waals surface area contributed by atoms with Gasteiger partial charge in [-0.1, -0.05) is 109 Å². The van der Waals surface area contributed by atoms with Crippen LogP contribution >= 0.6 is 11.6 Å². The summed E-state index contributed by atoms with van der Waals surface area (Å²) in [6, 6.07) is 39.0. The molecule has 0 saturated heterocycles. The molecule has 0 aliphatic heterocycles. The van der Waals surface area contributed by atoms with Gasteiger partial charge in [-0.25, -0.2) is 0 Å². The Bertz CT molecular complexity index is 1450. The number of hydrogen-bond donors (Lipinski definition) is 1. The molecule has 1 N–H and O–H groups in total. The molecule has 5 aromatic rings. The van der Waals surface area contributed by atoms with Gasteiger partial charge in [0, 0.05) is 23.5 Å². The van der Waals surface area contributed by atoms with Crippen molar-refractivity contribution in [3.63, 3.8) is 0 Å². The molecule has 0 radical (unpaired) electrons. The van der Waals surface area contributed by atoms with Gasteiger partial charge in [-0.3, -0.25) is 0 Å². The van der Waals surface area contributed by atoms with Crippen molar-refractivity contribution in [2.75, 3.05) is 0 Å². The third-order valence-electron chi connectivity index (χ3n) is 6.82. The van der Waals surface area contributed by atoms with Gasteiger partial charge in [0.25, 0.3) is 0 Å². The molecule has 0 fully saturated rings. The van der Waals surface area contributed by atoms with Crippen LogP contribution in [0.5, 0.6) is 0 Å². The van der Waals surface area contributed by atoms with Crippen LogP contribution in [-0.4, -0.2) is 6.04 Å². The van der Waals surface area contributed by atoms with Crippen molar-refractivity contribution in [2.45, 2.75) is 31.8 Å². The largest absolute Gasteiger partial charge is 0.310 e. The van der Waals surface area contributed by atoms with Gasteiger partial charge in [0.1, 0.15) is 0 Å². The Morgan fingerprint density at radius 1 is 0.714 bits per heavy atom. The van der Waals surface area contributed by atoms with E-state index in [1.807, 2.05) is 12.1 Å². The molecule has 2 heteroatoms. The van der Waals surface area contributed by atoms with Crippen LogP contribution in [0.2, 0.25) is 5.02 Å². The highest BCUT2D eigenvalue weighted by Gasteiger charge is 2.18. The Kier molecular flexibility index (Phi) is 7.28. The van der Waals surface area contributed by atoms with E-state index in [1.54, 1.807) is 0 Å². The molecule has 5 rings (SSSR count). The fourth-order valence-corrected chi connectivity index (χ4v) is 4.90. The van der Waals surface area contributed by atoms with E-state index in [2.05, 4.69) is 121 Å². The molecule has 0 aromatic heterocycles. The second kappa shape index (κ2) is 10.9. The van der Waals surface area contributed by atoms with Gasteiger partial charge in [-0.15, -0.1) is 0 Å². The Labute approximate surface area is 213 Å². The van der Waals surface area contributed by atoms with E-state index in [0.29, 0.717) is 12.0 Å². The number of halogens is 1. The van der Waals surface area contributed by atoms with Crippen molar-refractivity contribution in [1.29, 1.82) is 0 Å². The standard InChI is InChI=1S/C33H30ClN/c1-24(35-23-26-14-16-28-9-3-5-11-31(28)22-26)33(29-17-19-32(34)20-18-29)12-6-7-25-13-15-27-8-2-4-10-30(27)21-25/h2-11,13-22,24,33,35H,12,23H2,1H3. The summed E-state index contributed by atoms with van der Waals surface area (Å²) >= 11 is 6.19. The average Bonchev–Trinajstić information content (AvgIpc) is 2.90. The lowest BCUT2D eigenvalue weighted by Gasteiger charge is -2.25. The van der Waals surface area contributed by atoms with Gasteiger partial charge in [0.05, 0.1) is 0 Å². The molecule has 174 valence electrons. The fourth-order valence-electron chi connectivity index (χ4n) is 4.77. The van der Waals surface area contributed by atoms with Crippen LogP contribution in [0.4, 0.5) is 0 Å². The highest BCUT2D eigenvalue weighted by atomic mass is 35.5. The zero-order chi connectivity index (χ0) is 24.0. The minimum atomic E-state index is 0.295. The molecule has 0 bridgehead atoms. The van der Waals surface area contributed by atoms with Crippen LogP contribution in [0, 0.1) is 0 Å². The van der Waals surface area contributed by atoms with Gasteiger partial charge in [0.15, 0.2) is 0 Å². The number of benzene rings is 5. The monoisotopic (exact) mass is 475 g/mol. The second-order valence-corrected chi connectivity index (χ2v) is 9.69. The Balaban J connectivity index is 1.31. The van der Waals surface area contributed by atoms with E-state index in [4.69, 9.17) is 11.6 Å². The maximum atomic E-state index is 6.19. The molecule has 0 aliphatic carbocycles. The molecule has 0 saturated carbocycles. The van der Waals surface area contributed by atoms with Crippen molar-refractivity contribution < 1.29 is 0 Å². The lowest BCUT2D eigenvalue weighted by atomic mass is 9.88. The molecule has 1 nitrogen and oxygen atoms in total. The molecule has 0 spiro atoms. The SMILES string of the molecule is CC(NCc1ccc2ccccc2c1)C(CC=Cc1ccc2ccccc2c1)c1ccc(Cl)cc1. The predicted molar refractivity (Wildman–Crippen MR) is 152 cm³/mol. The van der Waals surface area contributed by atoms with Gasteiger partial charge < -0.3 is 5.32 Å². The van der Waals surface area contributed by atoms with Crippen LogP contribution in [0.3, 0.4) is 0 Å². The van der Waals surface area contributed by atoms with Gasteiger partial charge in [-0.05, 0) is 75.8 Å². The summed E-state index contributed by atoms with van der Waals surface area (Å²) < 4.78 is 0. The fraction of sp³-hybridized carbons (Fsp3) is 0.152. The Morgan fingerprint density at radius 2 is 1.34 bits per heavy atom. The zero-order valence-electron chi connectivity index (χ0n) is 20.0. The normalized spacial score (nSPS) is 13.4. The summed E-state index contributed by atoms with van der Waals surface area (Å²) in [5.41, 5.74) is 3.84. The topological polar surface area (TPSA) is 12.0 Å². The highest BCUT2D eigenvalue weighted by molar-refractivity contribution is 6.30. The molecular weight excluding hydrogens is 446 g/mol. The van der Waals surface area contributed by atoms with E-state index in [-0.39, 0.29) is 0 Å².